The van der Waals surface area contributed by atoms with Crippen LogP contribution < -0.4 is 0 Å². The maximum atomic E-state index is 12.3. The first-order valence-electron chi connectivity index (χ1n) is 7.45. The molecule has 2 aromatic carbocycles. The number of carbonyl (C=O) groups excluding carboxylic acids is 1. The van der Waals surface area contributed by atoms with Gasteiger partial charge >= 0.3 is 5.97 Å². The molecule has 0 saturated carbocycles. The summed E-state index contributed by atoms with van der Waals surface area (Å²) < 4.78 is 5.20. The van der Waals surface area contributed by atoms with E-state index in [0.29, 0.717) is 39.5 Å². The van der Waals surface area contributed by atoms with Crippen LogP contribution in [0.3, 0.4) is 0 Å². The highest BCUT2D eigenvalue weighted by atomic mass is 35.5. The fraction of sp³-hybridized carbons (Fsp3) is 0.278. The first kappa shape index (κ1) is 19.4. The molecular weight excluding hydrogens is 390 g/mol. The molecule has 0 heterocycles. The Hall–Kier alpha value is -0.930. The second-order valence-corrected chi connectivity index (χ2v) is 6.98. The quantitative estimate of drug-likeness (QED) is 0.529. The SMILES string of the molecule is CCOC(=O)C(Cc1ccc(Cl)c(Cl)c1)Cc1ccc(Cl)c(Cl)c1. The van der Waals surface area contributed by atoms with Gasteiger partial charge in [-0.05, 0) is 55.2 Å². The van der Waals surface area contributed by atoms with Crippen molar-refractivity contribution in [2.45, 2.75) is 19.8 Å². The number of halogens is 4. The third-order valence-electron chi connectivity index (χ3n) is 3.55. The van der Waals surface area contributed by atoms with Crippen molar-refractivity contribution in [3.05, 3.63) is 67.6 Å². The first-order valence-corrected chi connectivity index (χ1v) is 8.96. The zero-order chi connectivity index (χ0) is 17.7. The second-order valence-electron chi connectivity index (χ2n) is 5.35. The highest BCUT2D eigenvalue weighted by Gasteiger charge is 2.21. The third-order valence-corrected chi connectivity index (χ3v) is 5.03. The summed E-state index contributed by atoms with van der Waals surface area (Å²) in [6, 6.07) is 10.7. The molecule has 128 valence electrons. The minimum absolute atomic E-state index is 0.255. The molecule has 0 N–H and O–H groups in total. The van der Waals surface area contributed by atoms with Gasteiger partial charge in [0.15, 0.2) is 0 Å². The zero-order valence-electron chi connectivity index (χ0n) is 13.0. The number of ether oxygens (including phenoxy) is 1. The Kier molecular flexibility index (Phi) is 7.24. The van der Waals surface area contributed by atoms with Crippen LogP contribution in [0.5, 0.6) is 0 Å². The number of carbonyl (C=O) groups is 1. The van der Waals surface area contributed by atoms with Gasteiger partial charge in [0, 0.05) is 0 Å². The lowest BCUT2D eigenvalue weighted by Crippen LogP contribution is -2.22. The normalized spacial score (nSPS) is 10.9. The van der Waals surface area contributed by atoms with E-state index in [1.54, 1.807) is 31.2 Å². The van der Waals surface area contributed by atoms with E-state index in [-0.39, 0.29) is 11.9 Å². The van der Waals surface area contributed by atoms with Crippen LogP contribution in [-0.4, -0.2) is 12.6 Å². The van der Waals surface area contributed by atoms with Crippen LogP contribution in [0.15, 0.2) is 36.4 Å². The van der Waals surface area contributed by atoms with E-state index in [4.69, 9.17) is 51.1 Å². The third kappa shape index (κ3) is 5.29. The molecule has 0 aliphatic carbocycles. The number of hydrogen-bond acceptors (Lipinski definition) is 2. The average Bonchev–Trinajstić information content (AvgIpc) is 2.54. The highest BCUT2D eigenvalue weighted by Crippen LogP contribution is 2.27. The summed E-state index contributed by atoms with van der Waals surface area (Å²) in [5.41, 5.74) is 1.84. The van der Waals surface area contributed by atoms with Crippen LogP contribution in [0.25, 0.3) is 0 Å². The van der Waals surface area contributed by atoms with Crippen LogP contribution in [-0.2, 0) is 22.4 Å². The fourth-order valence-electron chi connectivity index (χ4n) is 2.40. The summed E-state index contributed by atoms with van der Waals surface area (Å²) in [5.74, 6) is -0.603. The lowest BCUT2D eigenvalue weighted by atomic mass is 9.92. The molecule has 0 unspecified atom stereocenters. The molecule has 0 radical (unpaired) electrons. The summed E-state index contributed by atoms with van der Waals surface area (Å²) in [6.07, 6.45) is 0.992. The minimum Gasteiger partial charge on any atom is -0.466 e. The predicted octanol–water partition coefficient (Wildman–Crippen LogP) is 6.26. The minimum atomic E-state index is -0.348. The van der Waals surface area contributed by atoms with Crippen LogP contribution in [0.1, 0.15) is 18.1 Å². The Labute approximate surface area is 161 Å². The molecule has 0 fully saturated rings. The van der Waals surface area contributed by atoms with Crippen LogP contribution >= 0.6 is 46.4 Å². The van der Waals surface area contributed by atoms with Gasteiger partial charge < -0.3 is 4.74 Å². The van der Waals surface area contributed by atoms with Crippen molar-refractivity contribution in [1.29, 1.82) is 0 Å². The Morgan fingerprint density at radius 2 is 1.33 bits per heavy atom. The molecule has 0 bridgehead atoms. The molecule has 2 nitrogen and oxygen atoms in total. The topological polar surface area (TPSA) is 26.3 Å². The van der Waals surface area contributed by atoms with Gasteiger partial charge in [0.2, 0.25) is 0 Å². The van der Waals surface area contributed by atoms with Gasteiger partial charge in [-0.15, -0.1) is 0 Å². The molecule has 0 atom stereocenters. The van der Waals surface area contributed by atoms with E-state index in [1.807, 2.05) is 12.1 Å². The average molecular weight is 406 g/mol. The first-order chi connectivity index (χ1) is 11.4. The zero-order valence-corrected chi connectivity index (χ0v) is 16.0. The Morgan fingerprint density at radius 3 is 1.71 bits per heavy atom. The molecule has 2 aromatic rings. The molecule has 24 heavy (non-hydrogen) atoms. The molecule has 0 aliphatic heterocycles. The molecular formula is C18H16Cl4O2. The van der Waals surface area contributed by atoms with E-state index in [2.05, 4.69) is 0 Å². The molecule has 0 spiro atoms. The van der Waals surface area contributed by atoms with Gasteiger partial charge in [-0.25, -0.2) is 0 Å². The second kappa shape index (κ2) is 8.96. The summed E-state index contributed by atoms with van der Waals surface area (Å²) in [4.78, 5) is 12.3. The summed E-state index contributed by atoms with van der Waals surface area (Å²) in [6.45, 7) is 2.12. The number of benzene rings is 2. The fourth-order valence-corrected chi connectivity index (χ4v) is 3.04. The number of rotatable bonds is 6. The molecule has 6 heteroatoms. The van der Waals surface area contributed by atoms with Crippen molar-refractivity contribution in [3.8, 4) is 0 Å². The molecule has 0 aromatic heterocycles. The van der Waals surface area contributed by atoms with Gasteiger partial charge in [-0.2, -0.15) is 0 Å². The van der Waals surface area contributed by atoms with Gasteiger partial charge in [0.25, 0.3) is 0 Å². The summed E-state index contributed by atoms with van der Waals surface area (Å²) in [5, 5.41) is 1.90. The van der Waals surface area contributed by atoms with Gasteiger partial charge in [-0.1, -0.05) is 58.5 Å². The van der Waals surface area contributed by atoms with E-state index in [0.717, 1.165) is 11.1 Å². The maximum Gasteiger partial charge on any atom is 0.309 e. The monoisotopic (exact) mass is 404 g/mol. The van der Waals surface area contributed by atoms with Crippen molar-refractivity contribution in [3.63, 3.8) is 0 Å². The lowest BCUT2D eigenvalue weighted by molar-refractivity contribution is -0.147. The van der Waals surface area contributed by atoms with Crippen molar-refractivity contribution < 1.29 is 9.53 Å². The molecule has 2 rings (SSSR count). The van der Waals surface area contributed by atoms with E-state index in [9.17, 15) is 4.79 Å². The molecule has 0 aliphatic rings. The lowest BCUT2D eigenvalue weighted by Gasteiger charge is -2.16. The van der Waals surface area contributed by atoms with Crippen molar-refractivity contribution in [2.24, 2.45) is 5.92 Å². The van der Waals surface area contributed by atoms with Gasteiger partial charge in [0.1, 0.15) is 0 Å². The van der Waals surface area contributed by atoms with Crippen LogP contribution in [0, 0.1) is 5.92 Å². The predicted molar refractivity (Wildman–Crippen MR) is 100 cm³/mol. The number of hydrogen-bond donors (Lipinski definition) is 0. The van der Waals surface area contributed by atoms with Crippen molar-refractivity contribution in [2.75, 3.05) is 6.61 Å². The highest BCUT2D eigenvalue weighted by molar-refractivity contribution is 6.42. The number of esters is 1. The Balaban J connectivity index is 2.21. The largest absolute Gasteiger partial charge is 0.466 e. The molecule has 0 saturated heterocycles. The van der Waals surface area contributed by atoms with Crippen molar-refractivity contribution >= 4 is 52.4 Å². The van der Waals surface area contributed by atoms with Crippen LogP contribution in [0.2, 0.25) is 20.1 Å². The van der Waals surface area contributed by atoms with Gasteiger partial charge in [-0.3, -0.25) is 4.79 Å². The smallest absolute Gasteiger partial charge is 0.309 e. The van der Waals surface area contributed by atoms with E-state index in [1.165, 1.54) is 0 Å². The van der Waals surface area contributed by atoms with E-state index >= 15 is 0 Å². The summed E-state index contributed by atoms with van der Waals surface area (Å²) >= 11 is 24.0. The van der Waals surface area contributed by atoms with E-state index < -0.39 is 0 Å². The summed E-state index contributed by atoms with van der Waals surface area (Å²) in [7, 11) is 0. The molecule has 0 amide bonds. The van der Waals surface area contributed by atoms with Gasteiger partial charge in [0.05, 0.1) is 32.6 Å². The Morgan fingerprint density at radius 1 is 0.875 bits per heavy atom. The maximum absolute atomic E-state index is 12.3. The van der Waals surface area contributed by atoms with Crippen molar-refractivity contribution in [1.82, 2.24) is 0 Å². The van der Waals surface area contributed by atoms with Crippen LogP contribution in [0.4, 0.5) is 0 Å². The standard InChI is InChI=1S/C18H16Cl4O2/c1-2-24-18(23)13(7-11-3-5-14(19)16(21)9-11)8-12-4-6-15(20)17(22)10-12/h3-6,9-10,13H,2,7-8H2,1H3. The Bertz CT molecular complexity index is 677.